The first-order valence-electron chi connectivity index (χ1n) is 6.90. The topological polar surface area (TPSA) is 66.8 Å². The summed E-state index contributed by atoms with van der Waals surface area (Å²) >= 11 is 12.1. The van der Waals surface area contributed by atoms with E-state index in [2.05, 4.69) is 25.3 Å². The van der Waals surface area contributed by atoms with Gasteiger partial charge in [0.1, 0.15) is 11.0 Å². The quantitative estimate of drug-likeness (QED) is 0.728. The molecule has 1 N–H and O–H groups in total. The maximum Gasteiger partial charge on any atom is 0.225 e. The minimum absolute atomic E-state index is 0.127. The van der Waals surface area contributed by atoms with Crippen LogP contribution in [0.2, 0.25) is 10.6 Å². The highest BCUT2D eigenvalue weighted by atomic mass is 35.5. The van der Waals surface area contributed by atoms with Crippen molar-refractivity contribution in [2.75, 3.05) is 24.3 Å². The van der Waals surface area contributed by atoms with Crippen LogP contribution in [0.15, 0.2) is 30.3 Å². The highest BCUT2D eigenvalue weighted by molar-refractivity contribution is 6.30. The van der Waals surface area contributed by atoms with Gasteiger partial charge in [0, 0.05) is 20.6 Å². The Hall–Kier alpha value is -2.18. The van der Waals surface area contributed by atoms with E-state index >= 15 is 0 Å². The highest BCUT2D eigenvalue weighted by Gasteiger charge is 2.16. The number of benzene rings is 1. The molecule has 0 atom stereocenters. The van der Waals surface area contributed by atoms with Gasteiger partial charge in [-0.2, -0.15) is 9.97 Å². The van der Waals surface area contributed by atoms with Crippen LogP contribution in [0.4, 0.5) is 11.6 Å². The number of nitrogens with zero attached hydrogens (tertiary/aromatic N) is 5. The van der Waals surface area contributed by atoms with Gasteiger partial charge >= 0.3 is 0 Å². The molecule has 0 aliphatic carbocycles. The van der Waals surface area contributed by atoms with E-state index in [9.17, 15) is 0 Å². The van der Waals surface area contributed by atoms with Crippen molar-refractivity contribution < 1.29 is 0 Å². The van der Waals surface area contributed by atoms with E-state index in [1.54, 1.807) is 4.90 Å². The first-order valence-corrected chi connectivity index (χ1v) is 7.66. The summed E-state index contributed by atoms with van der Waals surface area (Å²) in [6.45, 7) is 0.586. The number of aromatic nitrogens is 4. The molecule has 2 heterocycles. The number of fused-ring (bicyclic) bond motifs is 1. The molecule has 3 aromatic rings. The maximum atomic E-state index is 6.05. The third-order valence-corrected chi connectivity index (χ3v) is 3.54. The first kappa shape index (κ1) is 15.7. The Morgan fingerprint density at radius 1 is 0.913 bits per heavy atom. The van der Waals surface area contributed by atoms with E-state index in [4.69, 9.17) is 23.2 Å². The van der Waals surface area contributed by atoms with Gasteiger partial charge in [-0.3, -0.25) is 0 Å². The van der Waals surface area contributed by atoms with Crippen molar-refractivity contribution in [3.63, 3.8) is 0 Å². The van der Waals surface area contributed by atoms with Crippen LogP contribution in [0, 0.1) is 0 Å². The molecule has 6 nitrogen and oxygen atoms in total. The molecule has 23 heavy (non-hydrogen) atoms. The number of nitrogens with one attached hydrogen (secondary N) is 1. The molecule has 0 aliphatic rings. The Balaban J connectivity index is 2.06. The Bertz CT molecular complexity index is 838. The van der Waals surface area contributed by atoms with Gasteiger partial charge in [-0.15, -0.1) is 0 Å². The number of halogens is 2. The predicted molar refractivity (Wildman–Crippen MR) is 93.2 cm³/mol. The van der Waals surface area contributed by atoms with Crippen molar-refractivity contribution in [3.05, 3.63) is 46.5 Å². The molecule has 0 unspecified atom stereocenters. The average molecular weight is 349 g/mol. The molecule has 1 aromatic carbocycles. The zero-order valence-electron chi connectivity index (χ0n) is 12.6. The van der Waals surface area contributed by atoms with Gasteiger partial charge in [0.15, 0.2) is 11.6 Å². The summed E-state index contributed by atoms with van der Waals surface area (Å²) in [6, 6.07) is 9.96. The van der Waals surface area contributed by atoms with Crippen LogP contribution in [0.25, 0.3) is 11.0 Å². The van der Waals surface area contributed by atoms with E-state index in [-0.39, 0.29) is 10.6 Å². The molecule has 8 heteroatoms. The Morgan fingerprint density at radius 3 is 2.26 bits per heavy atom. The fourth-order valence-corrected chi connectivity index (χ4v) is 2.50. The lowest BCUT2D eigenvalue weighted by Crippen LogP contribution is -2.13. The van der Waals surface area contributed by atoms with Crippen molar-refractivity contribution in [2.45, 2.75) is 6.54 Å². The zero-order chi connectivity index (χ0) is 16.4. The molecule has 118 valence electrons. The molecular formula is C15H14Cl2N6. The smallest absolute Gasteiger partial charge is 0.225 e. The predicted octanol–water partition coefficient (Wildman–Crippen LogP) is 3.40. The van der Waals surface area contributed by atoms with Crippen molar-refractivity contribution in [1.29, 1.82) is 0 Å². The summed E-state index contributed by atoms with van der Waals surface area (Å²) in [6.07, 6.45) is 0. The molecule has 0 saturated heterocycles. The molecule has 0 amide bonds. The van der Waals surface area contributed by atoms with Crippen molar-refractivity contribution >= 4 is 45.9 Å². The molecule has 0 radical (unpaired) electrons. The van der Waals surface area contributed by atoms with Gasteiger partial charge in [0.2, 0.25) is 10.6 Å². The second kappa shape index (κ2) is 6.52. The van der Waals surface area contributed by atoms with Gasteiger partial charge in [-0.25, -0.2) is 9.97 Å². The van der Waals surface area contributed by atoms with Gasteiger partial charge in [0.05, 0.1) is 0 Å². The van der Waals surface area contributed by atoms with E-state index < -0.39 is 0 Å². The van der Waals surface area contributed by atoms with Crippen LogP contribution in [0.1, 0.15) is 5.56 Å². The number of anilines is 2. The van der Waals surface area contributed by atoms with Gasteiger partial charge in [-0.1, -0.05) is 30.3 Å². The lowest BCUT2D eigenvalue weighted by Gasteiger charge is -2.15. The van der Waals surface area contributed by atoms with Crippen LogP contribution in [0.5, 0.6) is 0 Å². The molecule has 0 fully saturated rings. The second-order valence-electron chi connectivity index (χ2n) is 5.09. The summed E-state index contributed by atoms with van der Waals surface area (Å²) in [7, 11) is 3.70. The van der Waals surface area contributed by atoms with E-state index in [0.29, 0.717) is 29.2 Å². The lowest BCUT2D eigenvalue weighted by molar-refractivity contribution is 1.04. The molecule has 0 bridgehead atoms. The Morgan fingerprint density at radius 2 is 1.57 bits per heavy atom. The minimum Gasteiger partial charge on any atom is -0.364 e. The standard InChI is InChI=1S/C15H14Cl2N6/c1-23(2)13-11-10(19-15(17)22-13)12(21-14(16)20-11)18-8-9-6-4-3-5-7-9/h3-7H,8H2,1-2H3,(H,18,20,21). The fraction of sp³-hybridized carbons (Fsp3) is 0.200. The number of hydrogen-bond donors (Lipinski definition) is 1. The normalized spacial score (nSPS) is 10.8. The molecule has 0 spiro atoms. The molecule has 2 aromatic heterocycles. The second-order valence-corrected chi connectivity index (χ2v) is 5.76. The van der Waals surface area contributed by atoms with Crippen LogP contribution < -0.4 is 10.2 Å². The zero-order valence-corrected chi connectivity index (χ0v) is 14.1. The Labute approximate surface area is 143 Å². The molecule has 0 aliphatic heterocycles. The third-order valence-electron chi connectivity index (χ3n) is 3.20. The van der Waals surface area contributed by atoms with Crippen LogP contribution >= 0.6 is 23.2 Å². The van der Waals surface area contributed by atoms with Crippen molar-refractivity contribution in [1.82, 2.24) is 19.9 Å². The van der Waals surface area contributed by atoms with Crippen molar-refractivity contribution in [2.24, 2.45) is 0 Å². The maximum absolute atomic E-state index is 6.05. The lowest BCUT2D eigenvalue weighted by atomic mass is 10.2. The van der Waals surface area contributed by atoms with Crippen LogP contribution in [-0.4, -0.2) is 34.0 Å². The third kappa shape index (κ3) is 3.43. The highest BCUT2D eigenvalue weighted by Crippen LogP contribution is 2.28. The van der Waals surface area contributed by atoms with Gasteiger partial charge in [-0.05, 0) is 28.8 Å². The van der Waals surface area contributed by atoms with E-state index in [1.807, 2.05) is 44.4 Å². The minimum atomic E-state index is 0.127. The van der Waals surface area contributed by atoms with Crippen molar-refractivity contribution in [3.8, 4) is 0 Å². The van der Waals surface area contributed by atoms with Gasteiger partial charge < -0.3 is 10.2 Å². The summed E-state index contributed by atoms with van der Waals surface area (Å²) < 4.78 is 0. The molecule has 0 saturated carbocycles. The van der Waals surface area contributed by atoms with Crippen LogP contribution in [-0.2, 0) is 6.54 Å². The monoisotopic (exact) mass is 348 g/mol. The van der Waals surface area contributed by atoms with Crippen LogP contribution in [0.3, 0.4) is 0 Å². The summed E-state index contributed by atoms with van der Waals surface area (Å²) in [4.78, 5) is 18.7. The summed E-state index contributed by atoms with van der Waals surface area (Å²) in [5.41, 5.74) is 2.20. The van der Waals surface area contributed by atoms with E-state index in [0.717, 1.165) is 5.56 Å². The SMILES string of the molecule is CN(C)c1nc(Cl)nc2c(NCc3ccccc3)nc(Cl)nc12. The molecule has 3 rings (SSSR count). The summed E-state index contributed by atoms with van der Waals surface area (Å²) in [5.74, 6) is 1.11. The molecular weight excluding hydrogens is 335 g/mol. The largest absolute Gasteiger partial charge is 0.364 e. The van der Waals surface area contributed by atoms with E-state index in [1.165, 1.54) is 0 Å². The van der Waals surface area contributed by atoms with Gasteiger partial charge in [0.25, 0.3) is 0 Å². The Kier molecular flexibility index (Phi) is 4.45. The number of hydrogen-bond acceptors (Lipinski definition) is 6. The fourth-order valence-electron chi connectivity index (χ4n) is 2.16. The first-order chi connectivity index (χ1) is 11.0. The summed E-state index contributed by atoms with van der Waals surface area (Å²) in [5, 5.41) is 3.50. The number of rotatable bonds is 4. The average Bonchev–Trinajstić information content (AvgIpc) is 2.53.